The first-order chi connectivity index (χ1) is 5.56. The number of aliphatic imine (C=N–C) groups is 1. The predicted molar refractivity (Wildman–Crippen MR) is 52.8 cm³/mol. The van der Waals surface area contributed by atoms with Crippen molar-refractivity contribution in [3.8, 4) is 0 Å². The minimum atomic E-state index is 0.305. The van der Waals surface area contributed by atoms with Crippen LogP contribution in [0.15, 0.2) is 4.99 Å². The topological polar surface area (TPSA) is 29.4 Å². The molecule has 0 N–H and O–H groups in total. The molecule has 2 nitrogen and oxygen atoms in total. The zero-order chi connectivity index (χ0) is 9.56. The highest BCUT2D eigenvalue weighted by Crippen LogP contribution is 1.98. The van der Waals surface area contributed by atoms with Crippen LogP contribution in [0.4, 0.5) is 0 Å². The van der Waals surface area contributed by atoms with E-state index >= 15 is 0 Å². The lowest BCUT2D eigenvalue weighted by atomic mass is 10.1. The van der Waals surface area contributed by atoms with Gasteiger partial charge in [-0.1, -0.05) is 6.92 Å². The Bertz CT molecular complexity index is 171. The number of Topliss-reactive ketones (excluding diaryl/α,β-unsaturated/α-hetero) is 1. The minimum Gasteiger partial charge on any atom is -0.299 e. The van der Waals surface area contributed by atoms with Crippen LogP contribution in [-0.4, -0.2) is 17.5 Å². The molecule has 0 aromatic rings. The molecular formula is C10H19NO. The largest absolute Gasteiger partial charge is 0.299 e. The van der Waals surface area contributed by atoms with E-state index in [-0.39, 0.29) is 0 Å². The molecule has 0 rings (SSSR count). The van der Waals surface area contributed by atoms with Gasteiger partial charge in [-0.3, -0.25) is 9.79 Å². The summed E-state index contributed by atoms with van der Waals surface area (Å²) in [4.78, 5) is 15.4. The van der Waals surface area contributed by atoms with Crippen LogP contribution in [0, 0.1) is 0 Å². The van der Waals surface area contributed by atoms with E-state index in [0.29, 0.717) is 24.7 Å². The summed E-state index contributed by atoms with van der Waals surface area (Å²) < 4.78 is 0. The lowest BCUT2D eigenvalue weighted by Gasteiger charge is -2.01. The Labute approximate surface area is 75.1 Å². The van der Waals surface area contributed by atoms with Crippen molar-refractivity contribution in [2.45, 2.75) is 53.0 Å². The third kappa shape index (κ3) is 6.08. The normalized spacial score (nSPS) is 12.2. The molecular weight excluding hydrogens is 150 g/mol. The first kappa shape index (κ1) is 11.3. The Morgan fingerprint density at radius 1 is 1.42 bits per heavy atom. The summed E-state index contributed by atoms with van der Waals surface area (Å²) in [6.07, 6.45) is 2.16. The average molecular weight is 169 g/mol. The summed E-state index contributed by atoms with van der Waals surface area (Å²) in [6, 6.07) is 0.305. The molecule has 0 aromatic carbocycles. The van der Waals surface area contributed by atoms with Gasteiger partial charge in [0.15, 0.2) is 0 Å². The first-order valence-corrected chi connectivity index (χ1v) is 4.61. The molecule has 0 amide bonds. The number of rotatable bonds is 5. The molecule has 0 saturated heterocycles. The lowest BCUT2D eigenvalue weighted by Crippen LogP contribution is -2.06. The number of carbonyl (C=O) groups is 1. The van der Waals surface area contributed by atoms with Gasteiger partial charge in [0.05, 0.1) is 0 Å². The Morgan fingerprint density at radius 3 is 2.42 bits per heavy atom. The quantitative estimate of drug-likeness (QED) is 0.582. The second-order valence-corrected chi connectivity index (χ2v) is 3.42. The molecule has 0 fully saturated rings. The van der Waals surface area contributed by atoms with Gasteiger partial charge < -0.3 is 0 Å². The van der Waals surface area contributed by atoms with Crippen LogP contribution in [0.1, 0.15) is 47.0 Å². The van der Waals surface area contributed by atoms with Crippen LogP contribution in [0.2, 0.25) is 0 Å². The van der Waals surface area contributed by atoms with E-state index in [1.807, 2.05) is 27.7 Å². The molecule has 0 spiro atoms. The van der Waals surface area contributed by atoms with Crippen molar-refractivity contribution in [2.75, 3.05) is 0 Å². The maximum atomic E-state index is 11.2. The van der Waals surface area contributed by atoms with Crippen LogP contribution in [0.25, 0.3) is 0 Å². The first-order valence-electron chi connectivity index (χ1n) is 4.61. The summed E-state index contributed by atoms with van der Waals surface area (Å²) in [5.74, 6) is 0.305. The Balaban J connectivity index is 3.83. The molecule has 0 atom stereocenters. The third-order valence-corrected chi connectivity index (χ3v) is 1.46. The Morgan fingerprint density at radius 2 is 2.00 bits per heavy atom. The molecule has 0 aliphatic carbocycles. The van der Waals surface area contributed by atoms with Gasteiger partial charge in [-0.15, -0.1) is 0 Å². The van der Waals surface area contributed by atoms with Crippen LogP contribution in [-0.2, 0) is 4.79 Å². The lowest BCUT2D eigenvalue weighted by molar-refractivity contribution is -0.117. The zero-order valence-corrected chi connectivity index (χ0v) is 8.55. The summed E-state index contributed by atoms with van der Waals surface area (Å²) in [5.41, 5.74) is 0.962. The third-order valence-electron chi connectivity index (χ3n) is 1.46. The van der Waals surface area contributed by atoms with Gasteiger partial charge in [-0.2, -0.15) is 0 Å². The molecule has 0 aromatic heterocycles. The molecule has 0 heterocycles. The molecule has 0 radical (unpaired) electrons. The molecule has 0 aliphatic heterocycles. The van der Waals surface area contributed by atoms with Gasteiger partial charge in [0.25, 0.3) is 0 Å². The number of hydrogen-bond donors (Lipinski definition) is 0. The molecule has 0 unspecified atom stereocenters. The van der Waals surface area contributed by atoms with Crippen molar-refractivity contribution >= 4 is 11.5 Å². The van der Waals surface area contributed by atoms with E-state index in [4.69, 9.17) is 0 Å². The zero-order valence-electron chi connectivity index (χ0n) is 8.55. The summed E-state index contributed by atoms with van der Waals surface area (Å²) in [7, 11) is 0. The van der Waals surface area contributed by atoms with Crippen molar-refractivity contribution in [3.05, 3.63) is 0 Å². The fourth-order valence-electron chi connectivity index (χ4n) is 1.14. The standard InChI is InChI=1S/C10H19NO/c1-5-6-10(12)7-9(4)11-8(2)3/h8H,5-7H2,1-4H3. The predicted octanol–water partition coefficient (Wildman–Crippen LogP) is 2.62. The monoisotopic (exact) mass is 169 g/mol. The fourth-order valence-corrected chi connectivity index (χ4v) is 1.14. The van der Waals surface area contributed by atoms with Gasteiger partial charge in [0, 0.05) is 24.6 Å². The summed E-state index contributed by atoms with van der Waals surface area (Å²) in [5, 5.41) is 0. The summed E-state index contributed by atoms with van der Waals surface area (Å²) in [6.45, 7) is 7.99. The van der Waals surface area contributed by atoms with Crippen LogP contribution < -0.4 is 0 Å². The van der Waals surface area contributed by atoms with Crippen molar-refractivity contribution in [1.29, 1.82) is 0 Å². The van der Waals surface area contributed by atoms with Crippen molar-refractivity contribution in [3.63, 3.8) is 0 Å². The molecule has 0 aliphatic rings. The second kappa shape index (κ2) is 5.92. The van der Waals surface area contributed by atoms with E-state index < -0.39 is 0 Å². The molecule has 0 bridgehead atoms. The van der Waals surface area contributed by atoms with E-state index in [2.05, 4.69) is 4.99 Å². The molecule has 0 saturated carbocycles. The van der Waals surface area contributed by atoms with Crippen molar-refractivity contribution in [1.82, 2.24) is 0 Å². The Hall–Kier alpha value is -0.660. The van der Waals surface area contributed by atoms with Gasteiger partial charge in [0.2, 0.25) is 0 Å². The maximum absolute atomic E-state index is 11.2. The van der Waals surface area contributed by atoms with Crippen LogP contribution in [0.3, 0.4) is 0 Å². The number of carbonyl (C=O) groups excluding carboxylic acids is 1. The summed E-state index contributed by atoms with van der Waals surface area (Å²) >= 11 is 0. The number of hydrogen-bond acceptors (Lipinski definition) is 2. The molecule has 2 heteroatoms. The molecule has 70 valence electrons. The van der Waals surface area contributed by atoms with E-state index in [9.17, 15) is 4.79 Å². The second-order valence-electron chi connectivity index (χ2n) is 3.42. The average Bonchev–Trinajstić information content (AvgIpc) is 1.84. The van der Waals surface area contributed by atoms with Crippen molar-refractivity contribution in [2.24, 2.45) is 4.99 Å². The highest BCUT2D eigenvalue weighted by atomic mass is 16.1. The fraction of sp³-hybridized carbons (Fsp3) is 0.800. The highest BCUT2D eigenvalue weighted by Gasteiger charge is 2.02. The number of nitrogens with zero attached hydrogens (tertiary/aromatic N) is 1. The van der Waals surface area contributed by atoms with Gasteiger partial charge in [-0.25, -0.2) is 0 Å². The minimum absolute atomic E-state index is 0.305. The van der Waals surface area contributed by atoms with Crippen LogP contribution in [0.5, 0.6) is 0 Å². The SMILES string of the molecule is CCCC(=O)CC(C)=NC(C)C. The van der Waals surface area contributed by atoms with E-state index in [1.165, 1.54) is 0 Å². The van der Waals surface area contributed by atoms with Gasteiger partial charge >= 0.3 is 0 Å². The number of ketones is 1. The van der Waals surface area contributed by atoms with Gasteiger partial charge in [0.1, 0.15) is 5.78 Å². The van der Waals surface area contributed by atoms with E-state index in [0.717, 1.165) is 12.1 Å². The Kier molecular flexibility index (Phi) is 5.60. The van der Waals surface area contributed by atoms with Gasteiger partial charge in [-0.05, 0) is 27.2 Å². The maximum Gasteiger partial charge on any atom is 0.138 e. The van der Waals surface area contributed by atoms with E-state index in [1.54, 1.807) is 0 Å². The smallest absolute Gasteiger partial charge is 0.138 e. The van der Waals surface area contributed by atoms with Crippen molar-refractivity contribution < 1.29 is 4.79 Å². The van der Waals surface area contributed by atoms with Crippen LogP contribution >= 0.6 is 0 Å². The highest BCUT2D eigenvalue weighted by molar-refractivity contribution is 6.00. The molecule has 12 heavy (non-hydrogen) atoms.